The molecule has 1 heterocycles. The Hall–Kier alpha value is -0.650. The number of hydrogen-bond donors (Lipinski definition) is 1. The minimum atomic E-state index is -0.818. The number of fused-ring (bicyclic) bond motifs is 1. The minimum Gasteiger partial charge on any atom is -0.360 e. The van der Waals surface area contributed by atoms with E-state index in [1.807, 2.05) is 25.1 Å². The Labute approximate surface area is 112 Å². The van der Waals surface area contributed by atoms with Gasteiger partial charge in [0, 0.05) is 28.9 Å². The average molecular weight is 289 g/mol. The molecule has 1 aromatic carbocycles. The van der Waals surface area contributed by atoms with Gasteiger partial charge < -0.3 is 5.32 Å². The van der Waals surface area contributed by atoms with Gasteiger partial charge in [0.1, 0.15) is 0 Å². The zero-order chi connectivity index (χ0) is 12.4. The van der Waals surface area contributed by atoms with Crippen molar-refractivity contribution in [3.05, 3.63) is 23.2 Å². The number of benzene rings is 1. The molecule has 1 N–H and O–H groups in total. The molecule has 92 valence electrons. The van der Waals surface area contributed by atoms with Crippen LogP contribution in [0.15, 0.2) is 18.2 Å². The molecule has 0 bridgehead atoms. The van der Waals surface area contributed by atoms with Crippen LogP contribution in [0, 0.1) is 0 Å². The number of rotatable bonds is 4. The second-order valence-corrected chi connectivity index (χ2v) is 7.01. The lowest BCUT2D eigenvalue weighted by Crippen LogP contribution is -2.20. The van der Waals surface area contributed by atoms with Crippen LogP contribution in [0.2, 0.25) is 5.02 Å². The summed E-state index contributed by atoms with van der Waals surface area (Å²) >= 11 is 7.60. The molecule has 17 heavy (non-hydrogen) atoms. The van der Waals surface area contributed by atoms with Gasteiger partial charge in [-0.3, -0.25) is 4.21 Å². The van der Waals surface area contributed by atoms with Crippen LogP contribution in [-0.2, 0) is 10.8 Å². The summed E-state index contributed by atoms with van der Waals surface area (Å²) < 4.78 is 12.2. The van der Waals surface area contributed by atoms with Crippen molar-refractivity contribution < 1.29 is 4.21 Å². The lowest BCUT2D eigenvalue weighted by Gasteiger charge is -2.07. The molecule has 0 aliphatic heterocycles. The molecule has 0 amide bonds. The number of nitrogens with zero attached hydrogens (tertiary/aromatic N) is 1. The summed E-state index contributed by atoms with van der Waals surface area (Å²) in [6, 6.07) is 5.68. The maximum Gasteiger partial charge on any atom is 0.183 e. The number of aromatic nitrogens is 1. The van der Waals surface area contributed by atoms with E-state index in [1.54, 1.807) is 6.26 Å². The molecule has 0 saturated carbocycles. The number of hydrogen-bond acceptors (Lipinski definition) is 4. The van der Waals surface area contributed by atoms with E-state index < -0.39 is 10.8 Å². The van der Waals surface area contributed by atoms with E-state index in [2.05, 4.69) is 10.3 Å². The maximum atomic E-state index is 11.2. The Morgan fingerprint density at radius 1 is 1.59 bits per heavy atom. The molecule has 6 heteroatoms. The van der Waals surface area contributed by atoms with Crippen LogP contribution in [0.25, 0.3) is 10.2 Å². The predicted octanol–water partition coefficient (Wildman–Crippen LogP) is 3.13. The fourth-order valence-corrected chi connectivity index (χ4v) is 2.82. The summed E-state index contributed by atoms with van der Waals surface area (Å²) in [5.74, 6) is 0. The van der Waals surface area contributed by atoms with Crippen molar-refractivity contribution in [2.24, 2.45) is 0 Å². The Kier molecular flexibility index (Phi) is 4.01. The maximum absolute atomic E-state index is 11.2. The fraction of sp³-hybridized carbons (Fsp3) is 0.364. The van der Waals surface area contributed by atoms with Crippen molar-refractivity contribution in [1.82, 2.24) is 4.98 Å². The van der Waals surface area contributed by atoms with Gasteiger partial charge in [-0.2, -0.15) is 0 Å². The molecular weight excluding hydrogens is 276 g/mol. The van der Waals surface area contributed by atoms with Gasteiger partial charge >= 0.3 is 0 Å². The monoisotopic (exact) mass is 288 g/mol. The van der Waals surface area contributed by atoms with Crippen LogP contribution in [-0.4, -0.2) is 27.2 Å². The Morgan fingerprint density at radius 2 is 2.35 bits per heavy atom. The van der Waals surface area contributed by atoms with Gasteiger partial charge in [0.25, 0.3) is 0 Å². The van der Waals surface area contributed by atoms with Crippen LogP contribution in [0.4, 0.5) is 5.13 Å². The van der Waals surface area contributed by atoms with Crippen LogP contribution < -0.4 is 5.32 Å². The second kappa shape index (κ2) is 5.33. The van der Waals surface area contributed by atoms with Crippen molar-refractivity contribution in [3.63, 3.8) is 0 Å². The van der Waals surface area contributed by atoms with Crippen LogP contribution in [0.3, 0.4) is 0 Å². The smallest absolute Gasteiger partial charge is 0.183 e. The minimum absolute atomic E-state index is 0.109. The molecule has 0 spiro atoms. The summed E-state index contributed by atoms with van der Waals surface area (Å²) in [4.78, 5) is 4.43. The van der Waals surface area contributed by atoms with E-state index >= 15 is 0 Å². The van der Waals surface area contributed by atoms with Crippen LogP contribution in [0.5, 0.6) is 0 Å². The molecule has 0 radical (unpaired) electrons. The van der Waals surface area contributed by atoms with E-state index in [1.165, 1.54) is 11.3 Å². The molecule has 1 aromatic heterocycles. The first kappa shape index (κ1) is 12.8. The first-order chi connectivity index (χ1) is 8.08. The number of thiazole rings is 1. The zero-order valence-corrected chi connectivity index (χ0v) is 12.0. The third kappa shape index (κ3) is 2.97. The van der Waals surface area contributed by atoms with Crippen LogP contribution in [0.1, 0.15) is 6.92 Å². The summed E-state index contributed by atoms with van der Waals surface area (Å²) in [6.07, 6.45) is 1.71. The molecular formula is C11H13ClN2OS2. The van der Waals surface area contributed by atoms with Crippen molar-refractivity contribution in [2.75, 3.05) is 18.1 Å². The first-order valence-corrected chi connectivity index (χ1v) is 8.00. The summed E-state index contributed by atoms with van der Waals surface area (Å²) in [7, 11) is -0.818. The second-order valence-electron chi connectivity index (χ2n) is 3.80. The molecule has 3 nitrogen and oxygen atoms in total. The van der Waals surface area contributed by atoms with Gasteiger partial charge in [-0.05, 0) is 19.1 Å². The Bertz CT molecular complexity index is 555. The molecule has 2 rings (SSSR count). The number of nitrogens with one attached hydrogen (secondary N) is 1. The first-order valence-electron chi connectivity index (χ1n) is 5.19. The third-order valence-electron chi connectivity index (χ3n) is 2.47. The van der Waals surface area contributed by atoms with E-state index in [0.717, 1.165) is 20.4 Å². The van der Waals surface area contributed by atoms with E-state index in [9.17, 15) is 4.21 Å². The highest BCUT2D eigenvalue weighted by Gasteiger charge is 2.09. The number of anilines is 1. The largest absolute Gasteiger partial charge is 0.360 e. The van der Waals surface area contributed by atoms with Crippen molar-refractivity contribution in [2.45, 2.75) is 12.2 Å². The topological polar surface area (TPSA) is 42.0 Å². The summed E-state index contributed by atoms with van der Waals surface area (Å²) in [6.45, 7) is 2.60. The van der Waals surface area contributed by atoms with Crippen molar-refractivity contribution in [3.8, 4) is 0 Å². The molecule has 0 fully saturated rings. The lowest BCUT2D eigenvalue weighted by atomic mass is 10.3. The fourth-order valence-electron chi connectivity index (χ4n) is 1.34. The Balaban J connectivity index is 2.15. The van der Waals surface area contributed by atoms with Crippen molar-refractivity contribution >= 4 is 49.1 Å². The van der Waals surface area contributed by atoms with E-state index in [-0.39, 0.29) is 5.25 Å². The molecule has 2 atom stereocenters. The molecule has 0 aliphatic rings. The normalized spacial score (nSPS) is 14.8. The SMILES string of the molecule is CC(CNc1nc2cccc(Cl)c2s1)S(C)=O. The Morgan fingerprint density at radius 3 is 3.00 bits per heavy atom. The van der Waals surface area contributed by atoms with E-state index in [0.29, 0.717) is 6.54 Å². The van der Waals surface area contributed by atoms with Gasteiger partial charge in [0.05, 0.1) is 15.2 Å². The van der Waals surface area contributed by atoms with Crippen molar-refractivity contribution in [1.29, 1.82) is 0 Å². The highest BCUT2D eigenvalue weighted by atomic mass is 35.5. The quantitative estimate of drug-likeness (QED) is 0.940. The average Bonchev–Trinajstić information content (AvgIpc) is 2.70. The lowest BCUT2D eigenvalue weighted by molar-refractivity contribution is 0.679. The molecule has 2 unspecified atom stereocenters. The third-order valence-corrected chi connectivity index (χ3v) is 5.26. The van der Waals surface area contributed by atoms with Gasteiger partial charge in [0.2, 0.25) is 0 Å². The van der Waals surface area contributed by atoms with E-state index in [4.69, 9.17) is 11.6 Å². The molecule has 2 aromatic rings. The zero-order valence-electron chi connectivity index (χ0n) is 9.57. The van der Waals surface area contributed by atoms with Gasteiger partial charge in [-0.15, -0.1) is 0 Å². The predicted molar refractivity (Wildman–Crippen MR) is 76.6 cm³/mol. The highest BCUT2D eigenvalue weighted by molar-refractivity contribution is 7.84. The van der Waals surface area contributed by atoms with Gasteiger partial charge in [-0.1, -0.05) is 29.0 Å². The highest BCUT2D eigenvalue weighted by Crippen LogP contribution is 2.31. The summed E-state index contributed by atoms with van der Waals surface area (Å²) in [5.41, 5.74) is 0.898. The van der Waals surface area contributed by atoms with Crippen LogP contribution >= 0.6 is 22.9 Å². The van der Waals surface area contributed by atoms with Gasteiger partial charge in [-0.25, -0.2) is 4.98 Å². The number of halogens is 1. The molecule has 0 saturated heterocycles. The molecule has 0 aliphatic carbocycles. The standard InChI is InChI=1S/C11H13ClN2OS2/c1-7(17(2)15)6-13-11-14-9-5-3-4-8(12)10(9)16-11/h3-5,7H,6H2,1-2H3,(H,13,14). The van der Waals surface area contributed by atoms with Gasteiger partial charge in [0.15, 0.2) is 5.13 Å². The summed E-state index contributed by atoms with van der Waals surface area (Å²) in [5, 5.41) is 4.85.